The average Bonchev–Trinajstić information content (AvgIpc) is 3.48. The van der Waals surface area contributed by atoms with Crippen LogP contribution in [0.15, 0.2) is 48.5 Å². The number of benzene rings is 2. The van der Waals surface area contributed by atoms with Gasteiger partial charge in [0.05, 0.1) is 5.41 Å². The maximum atomic E-state index is 12.2. The van der Waals surface area contributed by atoms with Crippen LogP contribution in [-0.4, -0.2) is 52.8 Å². The minimum absolute atomic E-state index is 0.00942. The SMILES string of the molecule is CN1c2ccccc2C(C)(C)C1CCCCCC1=[N+](CCCCCC(=O)ON2C(=O)CCC2=O)c2ccccc2C1(C)C. The number of carbonyl (C=O) groups excluding carboxylic acids is 3. The van der Waals surface area contributed by atoms with E-state index in [9.17, 15) is 14.4 Å². The molecule has 2 aromatic rings. The van der Waals surface area contributed by atoms with Crippen LogP contribution >= 0.6 is 0 Å². The fraction of sp³-hybridized carbons (Fsp3) is 0.556. The number of anilines is 1. The standard InChI is InChI=1S/C36H48N3O4/c1-35(2)26-16-11-13-18-28(26)37(5)30(35)20-8-6-9-21-31-36(3,4)27-17-12-14-19-29(27)38(31)25-15-7-10-22-34(42)43-39-32(40)23-24-33(39)41/h11-14,16-19,30H,6-10,15,20-25H2,1-5H3/q+1. The number of hydrogen-bond acceptors (Lipinski definition) is 5. The quantitative estimate of drug-likeness (QED) is 0.144. The first kappa shape index (κ1) is 31.0. The van der Waals surface area contributed by atoms with Crippen LogP contribution < -0.4 is 4.90 Å². The van der Waals surface area contributed by atoms with Gasteiger partial charge in [0.1, 0.15) is 6.54 Å². The molecular weight excluding hydrogens is 538 g/mol. The number of hydrogen-bond donors (Lipinski definition) is 0. The number of fused-ring (bicyclic) bond motifs is 2. The molecule has 1 unspecified atom stereocenters. The lowest BCUT2D eigenvalue weighted by molar-refractivity contribution is -0.440. The zero-order valence-corrected chi connectivity index (χ0v) is 26.7. The Bertz CT molecular complexity index is 1390. The first-order valence-corrected chi connectivity index (χ1v) is 16.2. The van der Waals surface area contributed by atoms with Crippen LogP contribution in [0.1, 0.15) is 109 Å². The summed E-state index contributed by atoms with van der Waals surface area (Å²) in [5, 5.41) is 0.638. The monoisotopic (exact) mass is 586 g/mol. The Balaban J connectivity index is 1.13. The number of unbranched alkanes of at least 4 members (excludes halogenated alkanes) is 4. The molecule has 5 rings (SSSR count). The van der Waals surface area contributed by atoms with E-state index in [4.69, 9.17) is 4.84 Å². The van der Waals surface area contributed by atoms with Crippen LogP contribution in [0.4, 0.5) is 11.4 Å². The summed E-state index contributed by atoms with van der Waals surface area (Å²) in [4.78, 5) is 43.1. The molecule has 0 N–H and O–H groups in total. The highest BCUT2D eigenvalue weighted by atomic mass is 16.7. The Kier molecular flexibility index (Phi) is 9.10. The van der Waals surface area contributed by atoms with Crippen LogP contribution in [0.3, 0.4) is 0 Å². The minimum Gasteiger partial charge on any atom is -0.370 e. The molecule has 1 atom stereocenters. The first-order valence-electron chi connectivity index (χ1n) is 16.2. The molecule has 7 heteroatoms. The molecule has 7 nitrogen and oxygen atoms in total. The Morgan fingerprint density at radius 2 is 1.51 bits per heavy atom. The summed E-state index contributed by atoms with van der Waals surface area (Å²) in [7, 11) is 2.25. The van der Waals surface area contributed by atoms with Gasteiger partial charge in [0.2, 0.25) is 5.69 Å². The van der Waals surface area contributed by atoms with Crippen LogP contribution in [0.25, 0.3) is 0 Å². The van der Waals surface area contributed by atoms with E-state index in [1.165, 1.54) is 53.9 Å². The van der Waals surface area contributed by atoms with E-state index in [0.29, 0.717) is 17.5 Å². The normalized spacial score (nSPS) is 20.2. The summed E-state index contributed by atoms with van der Waals surface area (Å²) in [6.07, 6.45) is 8.80. The Morgan fingerprint density at radius 1 is 0.860 bits per heavy atom. The number of carbonyl (C=O) groups is 3. The Labute approximate surface area is 256 Å². The number of imide groups is 1. The number of hydroxylamine groups is 2. The molecule has 0 aliphatic carbocycles. The van der Waals surface area contributed by atoms with Crippen molar-refractivity contribution >= 4 is 34.9 Å². The zero-order valence-electron chi connectivity index (χ0n) is 26.7. The number of rotatable bonds is 13. The molecule has 0 saturated carbocycles. The average molecular weight is 587 g/mol. The maximum Gasteiger partial charge on any atom is 0.333 e. The van der Waals surface area contributed by atoms with Crippen molar-refractivity contribution in [3.63, 3.8) is 0 Å². The van der Waals surface area contributed by atoms with E-state index in [1.807, 2.05) is 0 Å². The van der Waals surface area contributed by atoms with Gasteiger partial charge in [-0.25, -0.2) is 4.79 Å². The molecule has 2 amide bonds. The van der Waals surface area contributed by atoms with Gasteiger partial charge in [0.15, 0.2) is 5.71 Å². The smallest absolute Gasteiger partial charge is 0.333 e. The van der Waals surface area contributed by atoms with E-state index in [0.717, 1.165) is 25.8 Å². The Hall–Kier alpha value is -3.48. The summed E-state index contributed by atoms with van der Waals surface area (Å²) < 4.78 is 2.53. The molecule has 0 aromatic heterocycles. The zero-order chi connectivity index (χ0) is 30.8. The summed E-state index contributed by atoms with van der Waals surface area (Å²) in [5.41, 5.74) is 7.18. The van der Waals surface area contributed by atoms with Crippen molar-refractivity contribution in [1.29, 1.82) is 0 Å². The molecule has 2 aromatic carbocycles. The molecule has 0 spiro atoms. The maximum absolute atomic E-state index is 12.2. The lowest BCUT2D eigenvalue weighted by atomic mass is 9.78. The van der Waals surface area contributed by atoms with Gasteiger partial charge in [-0.15, -0.1) is 5.06 Å². The number of likely N-dealkylation sites (N-methyl/N-ethyl adjacent to an activating group) is 1. The highest BCUT2D eigenvalue weighted by molar-refractivity contribution is 6.01. The van der Waals surface area contributed by atoms with E-state index >= 15 is 0 Å². The molecule has 0 bridgehead atoms. The largest absolute Gasteiger partial charge is 0.370 e. The predicted octanol–water partition coefficient (Wildman–Crippen LogP) is 6.98. The van der Waals surface area contributed by atoms with Crippen molar-refractivity contribution < 1.29 is 23.8 Å². The van der Waals surface area contributed by atoms with E-state index < -0.39 is 17.8 Å². The fourth-order valence-corrected chi connectivity index (χ4v) is 7.62. The molecule has 1 fully saturated rings. The second-order valence-electron chi connectivity index (χ2n) is 13.6. The topological polar surface area (TPSA) is 69.9 Å². The van der Waals surface area contributed by atoms with Gasteiger partial charge in [-0.05, 0) is 51.2 Å². The van der Waals surface area contributed by atoms with Crippen molar-refractivity contribution in [3.05, 3.63) is 59.7 Å². The predicted molar refractivity (Wildman–Crippen MR) is 170 cm³/mol. The molecule has 0 radical (unpaired) electrons. The van der Waals surface area contributed by atoms with E-state index in [-0.39, 0.29) is 30.1 Å². The Morgan fingerprint density at radius 3 is 2.23 bits per heavy atom. The summed E-state index contributed by atoms with van der Waals surface area (Å²) >= 11 is 0. The van der Waals surface area contributed by atoms with Crippen LogP contribution in [0, 0.1) is 0 Å². The number of amides is 2. The van der Waals surface area contributed by atoms with Crippen LogP contribution in [0.5, 0.6) is 0 Å². The van der Waals surface area contributed by atoms with Crippen molar-refractivity contribution in [2.24, 2.45) is 0 Å². The molecule has 1 saturated heterocycles. The summed E-state index contributed by atoms with van der Waals surface area (Å²) in [6.45, 7) is 10.4. The molecule has 3 aliphatic heterocycles. The third kappa shape index (κ3) is 6.13. The number of para-hydroxylation sites is 2. The molecule has 3 aliphatic rings. The second kappa shape index (κ2) is 12.6. The third-order valence-corrected chi connectivity index (χ3v) is 10.0. The van der Waals surface area contributed by atoms with Crippen molar-refractivity contribution in [2.45, 2.75) is 115 Å². The van der Waals surface area contributed by atoms with Crippen molar-refractivity contribution in [2.75, 3.05) is 18.5 Å². The molecule has 230 valence electrons. The van der Waals surface area contributed by atoms with Crippen LogP contribution in [0.2, 0.25) is 0 Å². The molecule has 43 heavy (non-hydrogen) atoms. The van der Waals surface area contributed by atoms with Gasteiger partial charge in [-0.3, -0.25) is 9.59 Å². The van der Waals surface area contributed by atoms with Crippen molar-refractivity contribution in [3.8, 4) is 0 Å². The highest BCUT2D eigenvalue weighted by Gasteiger charge is 2.45. The molecular formula is C36H48N3O4+. The fourth-order valence-electron chi connectivity index (χ4n) is 7.62. The summed E-state index contributed by atoms with van der Waals surface area (Å²) in [5.74, 6) is -1.38. The third-order valence-electron chi connectivity index (χ3n) is 10.0. The number of nitrogens with zero attached hydrogens (tertiary/aromatic N) is 3. The second-order valence-corrected chi connectivity index (χ2v) is 13.6. The minimum atomic E-state index is -0.514. The summed E-state index contributed by atoms with van der Waals surface area (Å²) in [6, 6.07) is 18.2. The van der Waals surface area contributed by atoms with E-state index in [2.05, 4.69) is 92.7 Å². The van der Waals surface area contributed by atoms with Crippen LogP contribution in [-0.2, 0) is 30.1 Å². The van der Waals surface area contributed by atoms with E-state index in [1.54, 1.807) is 0 Å². The van der Waals surface area contributed by atoms with Gasteiger partial charge >= 0.3 is 5.97 Å². The van der Waals surface area contributed by atoms with Gasteiger partial charge in [-0.2, -0.15) is 4.58 Å². The van der Waals surface area contributed by atoms with Gasteiger partial charge in [0.25, 0.3) is 11.8 Å². The highest BCUT2D eigenvalue weighted by Crippen LogP contribution is 2.46. The van der Waals surface area contributed by atoms with Gasteiger partial charge < -0.3 is 9.74 Å². The van der Waals surface area contributed by atoms with Gasteiger partial charge in [0, 0.05) is 67.9 Å². The molecule has 3 heterocycles. The lowest BCUT2D eigenvalue weighted by Gasteiger charge is -2.32. The van der Waals surface area contributed by atoms with Crippen molar-refractivity contribution in [1.82, 2.24) is 5.06 Å². The lowest BCUT2D eigenvalue weighted by Crippen LogP contribution is -2.39. The van der Waals surface area contributed by atoms with Gasteiger partial charge in [-0.1, -0.05) is 63.1 Å². The first-order chi connectivity index (χ1) is 20.5.